The molecule has 0 saturated carbocycles. The smallest absolute Gasteiger partial charge is 0.245 e. The molecule has 1 aromatic carbocycles. The summed E-state index contributed by atoms with van der Waals surface area (Å²) < 4.78 is 0. The first-order valence-electron chi connectivity index (χ1n) is 9.46. The summed E-state index contributed by atoms with van der Waals surface area (Å²) in [6.45, 7) is 22.1. The monoisotopic (exact) mass is 382 g/mol. The van der Waals surface area contributed by atoms with Gasteiger partial charge in [-0.3, -0.25) is 4.79 Å². The minimum atomic E-state index is -0.0619. The Morgan fingerprint density at radius 2 is 1.89 bits per heavy atom. The predicted octanol–water partition coefficient (Wildman–Crippen LogP) is 5.39. The highest BCUT2D eigenvalue weighted by Gasteiger charge is 2.09. The zero-order valence-corrected chi connectivity index (χ0v) is 17.9. The van der Waals surface area contributed by atoms with E-state index in [1.165, 1.54) is 0 Å². The topological polar surface area (TPSA) is 61.4 Å². The van der Waals surface area contributed by atoms with Crippen LogP contribution < -0.4 is 10.6 Å². The highest BCUT2D eigenvalue weighted by molar-refractivity contribution is 5.89. The van der Waals surface area contributed by atoms with E-state index >= 15 is 0 Å². The first-order valence-corrected chi connectivity index (χ1v) is 9.46. The number of aryl methyl sites for hydroxylation is 1. The fourth-order valence-electron chi connectivity index (χ4n) is 2.40. The van der Waals surface area contributed by atoms with Gasteiger partial charge in [-0.05, 0) is 49.6 Å². The Balaban J connectivity index is 0.000000497. The fraction of sp³-hybridized carbons (Fsp3) is 0.292. The zero-order chi connectivity index (χ0) is 21.7. The molecular weight excluding hydrogens is 348 g/mol. The van der Waals surface area contributed by atoms with Crippen molar-refractivity contribution in [2.75, 3.05) is 6.54 Å². The van der Waals surface area contributed by atoms with Crippen molar-refractivity contribution in [3.05, 3.63) is 84.3 Å². The Labute approximate surface area is 170 Å². The number of phenolic OH excluding ortho intramolecular Hbond substituents is 1. The van der Waals surface area contributed by atoms with E-state index in [1.807, 2.05) is 52.8 Å². The lowest BCUT2D eigenvalue weighted by molar-refractivity contribution is -0.116. The molecular formula is C24H34N2O2. The van der Waals surface area contributed by atoms with Gasteiger partial charge in [0, 0.05) is 30.4 Å². The lowest BCUT2D eigenvalue weighted by Gasteiger charge is -2.17. The third kappa shape index (κ3) is 9.08. The molecule has 0 fully saturated rings. The quantitative estimate of drug-likeness (QED) is 0.599. The fourth-order valence-corrected chi connectivity index (χ4v) is 2.40. The molecule has 1 heterocycles. The maximum atomic E-state index is 11.1. The first kappa shape index (κ1) is 25.0. The molecule has 0 unspecified atom stereocenters. The Morgan fingerprint density at radius 1 is 1.25 bits per heavy atom. The number of hydrogen-bond donors (Lipinski definition) is 3. The SMILES string of the molecule is C=C(/C=C\C)C(=C)NC1=CC(=O)NCC1.C=C(C)c1ccc(O)cc1C.CC. The van der Waals surface area contributed by atoms with Crippen LogP contribution in [0.25, 0.3) is 5.57 Å². The van der Waals surface area contributed by atoms with Gasteiger partial charge in [-0.2, -0.15) is 0 Å². The Hall–Kier alpha value is -3.01. The predicted molar refractivity (Wildman–Crippen MR) is 121 cm³/mol. The summed E-state index contributed by atoms with van der Waals surface area (Å²) >= 11 is 0. The molecule has 0 saturated heterocycles. The second kappa shape index (κ2) is 13.2. The van der Waals surface area contributed by atoms with Crippen molar-refractivity contribution in [3.63, 3.8) is 0 Å². The normalized spacial score (nSPS) is 12.5. The van der Waals surface area contributed by atoms with Crippen LogP contribution in [0.3, 0.4) is 0 Å². The van der Waals surface area contributed by atoms with Gasteiger partial charge < -0.3 is 15.7 Å². The van der Waals surface area contributed by atoms with Crippen molar-refractivity contribution in [2.45, 2.75) is 41.0 Å². The summed E-state index contributed by atoms with van der Waals surface area (Å²) in [5.41, 5.74) is 5.65. The van der Waals surface area contributed by atoms with Crippen molar-refractivity contribution < 1.29 is 9.90 Å². The van der Waals surface area contributed by atoms with E-state index in [-0.39, 0.29) is 5.91 Å². The molecule has 0 spiro atoms. The molecule has 4 heteroatoms. The van der Waals surface area contributed by atoms with Crippen molar-refractivity contribution in [3.8, 4) is 5.75 Å². The van der Waals surface area contributed by atoms with Crippen molar-refractivity contribution in [1.82, 2.24) is 10.6 Å². The molecule has 152 valence electrons. The Bertz CT molecular complexity index is 771. The summed E-state index contributed by atoms with van der Waals surface area (Å²) in [6.07, 6.45) is 6.13. The van der Waals surface area contributed by atoms with Gasteiger partial charge in [-0.25, -0.2) is 0 Å². The summed E-state index contributed by atoms with van der Waals surface area (Å²) in [5.74, 6) is 0.251. The summed E-state index contributed by atoms with van der Waals surface area (Å²) in [5, 5.41) is 14.9. The van der Waals surface area contributed by atoms with Gasteiger partial charge in [0.15, 0.2) is 0 Å². The lowest BCUT2D eigenvalue weighted by atomic mass is 10.0. The van der Waals surface area contributed by atoms with Crippen LogP contribution in [0.1, 0.15) is 45.2 Å². The molecule has 2 rings (SSSR count). The van der Waals surface area contributed by atoms with Crippen LogP contribution in [-0.4, -0.2) is 17.6 Å². The maximum Gasteiger partial charge on any atom is 0.245 e. The van der Waals surface area contributed by atoms with E-state index in [0.29, 0.717) is 12.3 Å². The molecule has 1 aliphatic rings. The number of amides is 1. The number of carbonyl (C=O) groups excluding carboxylic acids is 1. The van der Waals surface area contributed by atoms with Crippen LogP contribution in [0.2, 0.25) is 0 Å². The third-order valence-electron chi connectivity index (χ3n) is 3.74. The van der Waals surface area contributed by atoms with Gasteiger partial charge in [0.1, 0.15) is 5.75 Å². The second-order valence-electron chi connectivity index (χ2n) is 6.12. The van der Waals surface area contributed by atoms with Crippen LogP contribution in [0.5, 0.6) is 5.75 Å². The summed E-state index contributed by atoms with van der Waals surface area (Å²) in [6, 6.07) is 5.30. The van der Waals surface area contributed by atoms with Gasteiger partial charge in [0.25, 0.3) is 0 Å². The Kier molecular flexibility index (Phi) is 11.8. The minimum Gasteiger partial charge on any atom is -0.508 e. The van der Waals surface area contributed by atoms with Crippen molar-refractivity contribution in [2.24, 2.45) is 0 Å². The highest BCUT2D eigenvalue weighted by Crippen LogP contribution is 2.20. The molecule has 1 aliphatic heterocycles. The van der Waals surface area contributed by atoms with Gasteiger partial charge in [-0.1, -0.05) is 57.4 Å². The number of benzene rings is 1. The second-order valence-corrected chi connectivity index (χ2v) is 6.12. The van der Waals surface area contributed by atoms with Crippen LogP contribution in [0.15, 0.2) is 73.1 Å². The van der Waals surface area contributed by atoms with E-state index in [1.54, 1.807) is 18.2 Å². The minimum absolute atomic E-state index is 0.0619. The number of hydrogen-bond acceptors (Lipinski definition) is 3. The average molecular weight is 383 g/mol. The standard InChI is InChI=1S/C12H16N2O.C10H12O.C2H6/c1-4-5-9(2)10(3)14-11-6-7-13-12(15)8-11;1-7(2)10-5-4-9(11)6-8(10)3;1-2/h4-5,8,14H,2-3,6-7H2,1H3,(H,13,15);4-6,11H,1H2,2-3H3;1-2H3/b5-4-;;. The number of phenols is 1. The molecule has 0 aromatic heterocycles. The molecule has 3 N–H and O–H groups in total. The van der Waals surface area contributed by atoms with Gasteiger partial charge in [0.2, 0.25) is 5.91 Å². The van der Waals surface area contributed by atoms with Gasteiger partial charge >= 0.3 is 0 Å². The van der Waals surface area contributed by atoms with Crippen molar-refractivity contribution >= 4 is 11.5 Å². The van der Waals surface area contributed by atoms with Crippen LogP contribution in [0, 0.1) is 6.92 Å². The molecule has 4 nitrogen and oxygen atoms in total. The van der Waals surface area contributed by atoms with Gasteiger partial charge in [0.05, 0.1) is 0 Å². The first-order chi connectivity index (χ1) is 13.2. The maximum absolute atomic E-state index is 11.1. The van der Waals surface area contributed by atoms with E-state index in [0.717, 1.165) is 40.1 Å². The molecule has 0 aliphatic carbocycles. The number of aromatic hydroxyl groups is 1. The average Bonchev–Trinajstić information content (AvgIpc) is 2.63. The number of carbonyl (C=O) groups is 1. The summed E-state index contributed by atoms with van der Waals surface area (Å²) in [7, 11) is 0. The number of allylic oxidation sites excluding steroid dienone is 3. The van der Waals surface area contributed by atoms with E-state index < -0.39 is 0 Å². The van der Waals surface area contributed by atoms with Crippen LogP contribution in [0.4, 0.5) is 0 Å². The molecule has 1 aromatic rings. The lowest BCUT2D eigenvalue weighted by Crippen LogP contribution is -2.30. The third-order valence-corrected chi connectivity index (χ3v) is 3.74. The number of nitrogens with one attached hydrogen (secondary N) is 2. The molecule has 0 atom stereocenters. The Morgan fingerprint density at radius 3 is 2.39 bits per heavy atom. The molecule has 28 heavy (non-hydrogen) atoms. The largest absolute Gasteiger partial charge is 0.508 e. The van der Waals surface area contributed by atoms with E-state index in [2.05, 4.69) is 30.4 Å². The van der Waals surface area contributed by atoms with E-state index in [9.17, 15) is 4.79 Å². The van der Waals surface area contributed by atoms with Crippen molar-refractivity contribution in [1.29, 1.82) is 0 Å². The number of rotatable bonds is 5. The molecule has 0 bridgehead atoms. The van der Waals surface area contributed by atoms with Gasteiger partial charge in [-0.15, -0.1) is 0 Å². The molecule has 1 amide bonds. The zero-order valence-electron chi connectivity index (χ0n) is 17.9. The highest BCUT2D eigenvalue weighted by atomic mass is 16.3. The summed E-state index contributed by atoms with van der Waals surface area (Å²) in [4.78, 5) is 11.1. The van der Waals surface area contributed by atoms with E-state index in [4.69, 9.17) is 5.11 Å². The van der Waals surface area contributed by atoms with Crippen LogP contribution >= 0.6 is 0 Å². The van der Waals surface area contributed by atoms with Crippen LogP contribution in [-0.2, 0) is 4.79 Å². The molecule has 0 radical (unpaired) electrons.